The maximum Gasteiger partial charge on any atom is 0.234 e. The molecule has 2 rings (SSSR count). The van der Waals surface area contributed by atoms with Crippen molar-refractivity contribution in [1.82, 2.24) is 4.90 Å². The first kappa shape index (κ1) is 7.28. The molecule has 2 aliphatic rings. The zero-order chi connectivity index (χ0) is 8.55. The predicted octanol–water partition coefficient (Wildman–Crippen LogP) is 1.09. The standard InChI is InChI=1S/C9H10N2O/c1-7-2-3-8-10-5-4-9(12)11(8)6-7/h2-3,6H,4-5H2,1H3. The number of hydrogen-bond acceptors (Lipinski definition) is 2. The minimum absolute atomic E-state index is 0.142. The molecule has 0 unspecified atom stereocenters. The van der Waals surface area contributed by atoms with Gasteiger partial charge < -0.3 is 0 Å². The van der Waals surface area contributed by atoms with Gasteiger partial charge in [-0.3, -0.25) is 14.7 Å². The third-order valence-corrected chi connectivity index (χ3v) is 1.94. The molecule has 2 heterocycles. The van der Waals surface area contributed by atoms with Gasteiger partial charge in [0, 0.05) is 12.6 Å². The Morgan fingerprint density at radius 3 is 3.17 bits per heavy atom. The van der Waals surface area contributed by atoms with E-state index in [4.69, 9.17) is 0 Å². The van der Waals surface area contributed by atoms with Crippen LogP contribution in [-0.4, -0.2) is 23.2 Å². The number of aliphatic imine (C=N–C) groups is 1. The first-order valence-corrected chi connectivity index (χ1v) is 4.00. The predicted molar refractivity (Wildman–Crippen MR) is 46.7 cm³/mol. The summed E-state index contributed by atoms with van der Waals surface area (Å²) >= 11 is 0. The molecule has 1 amide bonds. The van der Waals surface area contributed by atoms with Gasteiger partial charge in [0.1, 0.15) is 5.84 Å². The molecule has 62 valence electrons. The molecule has 3 heteroatoms. The van der Waals surface area contributed by atoms with Crippen LogP contribution < -0.4 is 0 Å². The Morgan fingerprint density at radius 1 is 1.50 bits per heavy atom. The quantitative estimate of drug-likeness (QED) is 0.524. The van der Waals surface area contributed by atoms with Crippen LogP contribution >= 0.6 is 0 Å². The normalized spacial score (nSPS) is 21.8. The Balaban J connectivity index is 2.38. The molecule has 0 spiro atoms. The molecule has 12 heavy (non-hydrogen) atoms. The molecule has 0 aromatic heterocycles. The van der Waals surface area contributed by atoms with Crippen LogP contribution in [0.3, 0.4) is 0 Å². The maximum absolute atomic E-state index is 11.3. The lowest BCUT2D eigenvalue weighted by molar-refractivity contribution is -0.125. The summed E-state index contributed by atoms with van der Waals surface area (Å²) in [5.41, 5.74) is 1.09. The van der Waals surface area contributed by atoms with Crippen molar-refractivity contribution in [3.05, 3.63) is 23.9 Å². The van der Waals surface area contributed by atoms with Crippen molar-refractivity contribution >= 4 is 11.7 Å². The average molecular weight is 162 g/mol. The second-order valence-electron chi connectivity index (χ2n) is 2.96. The van der Waals surface area contributed by atoms with Crippen molar-refractivity contribution in [1.29, 1.82) is 0 Å². The van der Waals surface area contributed by atoms with E-state index in [1.165, 1.54) is 0 Å². The summed E-state index contributed by atoms with van der Waals surface area (Å²) in [4.78, 5) is 17.2. The minimum atomic E-state index is 0.142. The highest BCUT2D eigenvalue weighted by Gasteiger charge is 2.21. The third-order valence-electron chi connectivity index (χ3n) is 1.94. The van der Waals surface area contributed by atoms with Gasteiger partial charge in [-0.1, -0.05) is 6.08 Å². The molecule has 2 aliphatic heterocycles. The highest BCUT2D eigenvalue weighted by atomic mass is 16.2. The van der Waals surface area contributed by atoms with E-state index in [-0.39, 0.29) is 5.91 Å². The van der Waals surface area contributed by atoms with Crippen LogP contribution in [0.15, 0.2) is 28.9 Å². The fraction of sp³-hybridized carbons (Fsp3) is 0.333. The zero-order valence-electron chi connectivity index (χ0n) is 6.95. The summed E-state index contributed by atoms with van der Waals surface area (Å²) < 4.78 is 0. The number of nitrogens with zero attached hydrogens (tertiary/aromatic N) is 2. The van der Waals surface area contributed by atoms with Gasteiger partial charge in [-0.05, 0) is 18.6 Å². The van der Waals surface area contributed by atoms with E-state index in [1.807, 2.05) is 25.3 Å². The van der Waals surface area contributed by atoms with Gasteiger partial charge in [0.2, 0.25) is 5.91 Å². The smallest absolute Gasteiger partial charge is 0.234 e. The molecule has 0 atom stereocenters. The fourth-order valence-electron chi connectivity index (χ4n) is 1.31. The van der Waals surface area contributed by atoms with E-state index in [1.54, 1.807) is 4.90 Å². The lowest BCUT2D eigenvalue weighted by Gasteiger charge is -2.25. The van der Waals surface area contributed by atoms with Gasteiger partial charge in [-0.25, -0.2) is 0 Å². The average Bonchev–Trinajstić information content (AvgIpc) is 2.07. The molecule has 0 N–H and O–H groups in total. The summed E-state index contributed by atoms with van der Waals surface area (Å²) in [5, 5.41) is 0. The first-order valence-electron chi connectivity index (χ1n) is 4.00. The second-order valence-corrected chi connectivity index (χ2v) is 2.96. The third kappa shape index (κ3) is 1.07. The van der Waals surface area contributed by atoms with Crippen LogP contribution in [0.25, 0.3) is 0 Å². The summed E-state index contributed by atoms with van der Waals surface area (Å²) in [6.45, 7) is 2.59. The van der Waals surface area contributed by atoms with Crippen molar-refractivity contribution in [2.75, 3.05) is 6.54 Å². The molecule has 0 radical (unpaired) electrons. The molecule has 0 fully saturated rings. The monoisotopic (exact) mass is 162 g/mol. The summed E-state index contributed by atoms with van der Waals surface area (Å²) in [7, 11) is 0. The van der Waals surface area contributed by atoms with Crippen LogP contribution in [0, 0.1) is 0 Å². The van der Waals surface area contributed by atoms with Crippen molar-refractivity contribution in [2.45, 2.75) is 13.3 Å². The first-order chi connectivity index (χ1) is 5.77. The fourth-order valence-corrected chi connectivity index (χ4v) is 1.31. The van der Waals surface area contributed by atoms with Crippen molar-refractivity contribution in [2.24, 2.45) is 4.99 Å². The Hall–Kier alpha value is -1.38. The Bertz CT molecular complexity index is 312. The second kappa shape index (κ2) is 2.59. The molecule has 0 aromatic rings. The topological polar surface area (TPSA) is 32.7 Å². The molecule has 3 nitrogen and oxygen atoms in total. The largest absolute Gasteiger partial charge is 0.274 e. The lowest BCUT2D eigenvalue weighted by atomic mass is 10.2. The number of fused-ring (bicyclic) bond motifs is 1. The van der Waals surface area contributed by atoms with Crippen molar-refractivity contribution in [3.63, 3.8) is 0 Å². The summed E-state index contributed by atoms with van der Waals surface area (Å²) in [6, 6.07) is 0. The van der Waals surface area contributed by atoms with Gasteiger partial charge in [-0.2, -0.15) is 0 Å². The van der Waals surface area contributed by atoms with E-state index < -0.39 is 0 Å². The van der Waals surface area contributed by atoms with Gasteiger partial charge in [-0.15, -0.1) is 0 Å². The van der Waals surface area contributed by atoms with Gasteiger partial charge >= 0.3 is 0 Å². The summed E-state index contributed by atoms with van der Waals surface area (Å²) in [5.74, 6) is 0.917. The molecule has 0 saturated heterocycles. The number of hydrogen-bond donors (Lipinski definition) is 0. The molecule has 0 aliphatic carbocycles. The van der Waals surface area contributed by atoms with E-state index in [9.17, 15) is 4.79 Å². The van der Waals surface area contributed by atoms with E-state index >= 15 is 0 Å². The number of amides is 1. The lowest BCUT2D eigenvalue weighted by Crippen LogP contribution is -2.36. The van der Waals surface area contributed by atoms with Crippen molar-refractivity contribution < 1.29 is 4.79 Å². The SMILES string of the molecule is CC1=CN2C(=O)CCN=C2C=C1. The Morgan fingerprint density at radius 2 is 2.33 bits per heavy atom. The van der Waals surface area contributed by atoms with Gasteiger partial charge in [0.15, 0.2) is 0 Å². The Labute approximate surface area is 71.1 Å². The van der Waals surface area contributed by atoms with E-state index in [0.29, 0.717) is 13.0 Å². The van der Waals surface area contributed by atoms with Crippen LogP contribution in [0.4, 0.5) is 0 Å². The molecule has 0 aromatic carbocycles. The zero-order valence-corrected chi connectivity index (χ0v) is 6.95. The van der Waals surface area contributed by atoms with Crippen molar-refractivity contribution in [3.8, 4) is 0 Å². The maximum atomic E-state index is 11.3. The molecule has 0 saturated carbocycles. The highest BCUT2D eigenvalue weighted by Crippen LogP contribution is 2.13. The number of rotatable bonds is 0. The molecular weight excluding hydrogens is 152 g/mol. The van der Waals surface area contributed by atoms with Gasteiger partial charge in [0.05, 0.1) is 6.54 Å². The van der Waals surface area contributed by atoms with E-state index in [2.05, 4.69) is 4.99 Å². The highest BCUT2D eigenvalue weighted by molar-refractivity contribution is 6.07. The van der Waals surface area contributed by atoms with Crippen LogP contribution in [0.1, 0.15) is 13.3 Å². The van der Waals surface area contributed by atoms with Crippen LogP contribution in [0.5, 0.6) is 0 Å². The van der Waals surface area contributed by atoms with Crippen LogP contribution in [0.2, 0.25) is 0 Å². The minimum Gasteiger partial charge on any atom is -0.274 e. The molecule has 0 bridgehead atoms. The number of allylic oxidation sites excluding steroid dienone is 2. The van der Waals surface area contributed by atoms with Crippen LogP contribution in [-0.2, 0) is 4.79 Å². The van der Waals surface area contributed by atoms with E-state index in [0.717, 1.165) is 11.4 Å². The number of carbonyl (C=O) groups is 1. The Kier molecular flexibility index (Phi) is 1.57. The summed E-state index contributed by atoms with van der Waals surface area (Å²) in [6.07, 6.45) is 6.21. The number of carbonyl (C=O) groups excluding carboxylic acids is 1. The molecular formula is C9H10N2O. The van der Waals surface area contributed by atoms with Gasteiger partial charge in [0.25, 0.3) is 0 Å². The number of amidine groups is 1.